The van der Waals surface area contributed by atoms with Crippen LogP contribution >= 0.6 is 0 Å². The van der Waals surface area contributed by atoms with Crippen LogP contribution < -0.4 is 14.8 Å². The molecule has 1 aliphatic rings. The Kier molecular flexibility index (Phi) is 4.72. The lowest BCUT2D eigenvalue weighted by molar-refractivity contribution is 0.157. The fourth-order valence-corrected chi connectivity index (χ4v) is 2.92. The molecule has 1 amide bonds. The molecule has 1 N–H and O–H groups in total. The average molecular weight is 369 g/mol. The maximum atomic E-state index is 13.3. The molecule has 0 spiro atoms. The van der Waals surface area contributed by atoms with E-state index in [2.05, 4.69) is 5.32 Å². The van der Waals surface area contributed by atoms with Crippen molar-refractivity contribution in [2.45, 2.75) is 45.8 Å². The van der Waals surface area contributed by atoms with Crippen molar-refractivity contribution >= 4 is 11.7 Å². The summed E-state index contributed by atoms with van der Waals surface area (Å²) in [5, 5.41) is 2.75. The lowest BCUT2D eigenvalue weighted by atomic mass is 9.90. The smallest absolute Gasteiger partial charge is 0.413 e. The molecule has 2 aromatic rings. The van der Waals surface area contributed by atoms with Crippen LogP contribution in [0.25, 0.3) is 5.57 Å². The number of halogens is 1. The second-order valence-corrected chi connectivity index (χ2v) is 8.19. The molecule has 0 aliphatic carbocycles. The van der Waals surface area contributed by atoms with E-state index < -0.39 is 11.7 Å². The largest absolute Gasteiger partial charge is 0.483 e. The minimum Gasteiger partial charge on any atom is -0.483 e. The molecule has 0 saturated carbocycles. The van der Waals surface area contributed by atoms with E-state index in [0.29, 0.717) is 11.5 Å². The quantitative estimate of drug-likeness (QED) is 0.780. The van der Waals surface area contributed by atoms with Gasteiger partial charge >= 0.3 is 6.09 Å². The second kappa shape index (κ2) is 6.72. The molecule has 0 atom stereocenters. The number of ether oxygens (including phenoxy) is 2. The molecular weight excluding hydrogens is 345 g/mol. The van der Waals surface area contributed by atoms with Gasteiger partial charge in [-0.3, -0.25) is 0 Å². The highest BCUT2D eigenvalue weighted by Gasteiger charge is 2.28. The number of carbonyl (C=O) groups excluding carboxylic acids is 1. The summed E-state index contributed by atoms with van der Waals surface area (Å²) in [6.07, 6.45) is 1.49. The minimum absolute atomic E-state index is 0.278. The summed E-state index contributed by atoms with van der Waals surface area (Å²) in [5.74, 6) is 0.731. The molecular formula is C22H24FNO3. The van der Waals surface area contributed by atoms with E-state index in [4.69, 9.17) is 9.47 Å². The molecule has 1 aliphatic heterocycles. The summed E-state index contributed by atoms with van der Waals surface area (Å²) in [7, 11) is 0. The van der Waals surface area contributed by atoms with Crippen molar-refractivity contribution in [3.8, 4) is 11.5 Å². The van der Waals surface area contributed by atoms with E-state index in [-0.39, 0.29) is 11.4 Å². The van der Waals surface area contributed by atoms with E-state index >= 15 is 0 Å². The molecule has 3 rings (SSSR count). The zero-order valence-electron chi connectivity index (χ0n) is 16.2. The molecule has 5 heteroatoms. The number of fused-ring (bicyclic) bond motifs is 1. The van der Waals surface area contributed by atoms with E-state index in [1.165, 1.54) is 12.1 Å². The van der Waals surface area contributed by atoms with Crippen molar-refractivity contribution < 1.29 is 18.7 Å². The van der Waals surface area contributed by atoms with Crippen LogP contribution in [0, 0.1) is 5.82 Å². The van der Waals surface area contributed by atoms with Crippen LogP contribution in [-0.2, 0) is 0 Å². The van der Waals surface area contributed by atoms with Crippen LogP contribution in [0.3, 0.4) is 0 Å². The second-order valence-electron chi connectivity index (χ2n) is 8.19. The molecule has 0 radical (unpaired) electrons. The standard InChI is InChI=1S/C22H24FNO3/c1-21(2,3)24-20(25)26-16-10-11-17-18(14-6-8-15(23)9-7-14)13-22(4,5)27-19(17)12-16/h6-13H,1-5H3,(H,24,25). The highest BCUT2D eigenvalue weighted by Crippen LogP contribution is 2.41. The lowest BCUT2D eigenvalue weighted by Gasteiger charge is -2.31. The Balaban J connectivity index is 1.93. The predicted molar refractivity (Wildman–Crippen MR) is 104 cm³/mol. The van der Waals surface area contributed by atoms with Crippen molar-refractivity contribution in [2.24, 2.45) is 0 Å². The summed E-state index contributed by atoms with van der Waals surface area (Å²) in [6.45, 7) is 9.53. The summed E-state index contributed by atoms with van der Waals surface area (Å²) in [6, 6.07) is 11.6. The van der Waals surface area contributed by atoms with Gasteiger partial charge in [0, 0.05) is 17.2 Å². The van der Waals surface area contributed by atoms with Gasteiger partial charge in [0.1, 0.15) is 22.9 Å². The van der Waals surface area contributed by atoms with Gasteiger partial charge in [-0.15, -0.1) is 0 Å². The SMILES string of the molecule is CC(C)(C)NC(=O)Oc1ccc2c(c1)OC(C)(C)C=C2c1ccc(F)cc1. The average Bonchev–Trinajstić information content (AvgIpc) is 2.51. The van der Waals surface area contributed by atoms with Gasteiger partial charge in [0.2, 0.25) is 0 Å². The van der Waals surface area contributed by atoms with E-state index in [9.17, 15) is 9.18 Å². The summed E-state index contributed by atoms with van der Waals surface area (Å²) in [4.78, 5) is 12.0. The number of hydrogen-bond acceptors (Lipinski definition) is 3. The third-order valence-electron chi connectivity index (χ3n) is 3.95. The van der Waals surface area contributed by atoms with Crippen LogP contribution in [0.2, 0.25) is 0 Å². The van der Waals surface area contributed by atoms with Crippen LogP contribution in [0.5, 0.6) is 11.5 Å². The Morgan fingerprint density at radius 3 is 2.41 bits per heavy atom. The van der Waals surface area contributed by atoms with E-state index in [1.54, 1.807) is 24.3 Å². The van der Waals surface area contributed by atoms with Crippen LogP contribution in [0.1, 0.15) is 45.7 Å². The lowest BCUT2D eigenvalue weighted by Crippen LogP contribution is -2.42. The number of carbonyl (C=O) groups is 1. The number of amides is 1. The third kappa shape index (κ3) is 4.67. The van der Waals surface area contributed by atoms with E-state index in [0.717, 1.165) is 16.7 Å². The van der Waals surface area contributed by atoms with Gasteiger partial charge in [0.05, 0.1) is 0 Å². The van der Waals surface area contributed by atoms with Gasteiger partial charge in [-0.25, -0.2) is 9.18 Å². The van der Waals surface area contributed by atoms with Gasteiger partial charge in [0.15, 0.2) is 0 Å². The highest BCUT2D eigenvalue weighted by molar-refractivity contribution is 5.85. The first-order valence-electron chi connectivity index (χ1n) is 8.85. The first-order valence-corrected chi connectivity index (χ1v) is 8.85. The zero-order valence-corrected chi connectivity index (χ0v) is 16.2. The Morgan fingerprint density at radius 1 is 1.11 bits per heavy atom. The first kappa shape index (κ1) is 19.0. The number of hydrogen-bond donors (Lipinski definition) is 1. The summed E-state index contributed by atoms with van der Waals surface area (Å²) in [5.41, 5.74) is 1.77. The van der Waals surface area contributed by atoms with Crippen molar-refractivity contribution in [3.63, 3.8) is 0 Å². The minimum atomic E-state index is -0.553. The third-order valence-corrected chi connectivity index (χ3v) is 3.95. The Hall–Kier alpha value is -2.82. The summed E-state index contributed by atoms with van der Waals surface area (Å²) < 4.78 is 24.7. The van der Waals surface area contributed by atoms with Crippen molar-refractivity contribution in [3.05, 3.63) is 65.5 Å². The van der Waals surface area contributed by atoms with Crippen LogP contribution in [0.4, 0.5) is 9.18 Å². The maximum absolute atomic E-state index is 13.3. The Labute approximate surface area is 159 Å². The normalized spacial score (nSPS) is 15.3. The van der Waals surface area contributed by atoms with Crippen LogP contribution in [-0.4, -0.2) is 17.2 Å². The van der Waals surface area contributed by atoms with Crippen LogP contribution in [0.15, 0.2) is 48.5 Å². The zero-order chi connectivity index (χ0) is 19.8. The highest BCUT2D eigenvalue weighted by atomic mass is 19.1. The predicted octanol–water partition coefficient (Wildman–Crippen LogP) is 5.32. The summed E-state index contributed by atoms with van der Waals surface area (Å²) >= 11 is 0. The van der Waals surface area contributed by atoms with Gasteiger partial charge in [-0.1, -0.05) is 12.1 Å². The van der Waals surface area contributed by atoms with E-state index in [1.807, 2.05) is 46.8 Å². The molecule has 1 heterocycles. The fourth-order valence-electron chi connectivity index (χ4n) is 2.92. The molecule has 0 bridgehead atoms. The molecule has 4 nitrogen and oxygen atoms in total. The van der Waals surface area contributed by atoms with Crippen molar-refractivity contribution in [1.82, 2.24) is 5.32 Å². The molecule has 0 fully saturated rings. The molecule has 2 aromatic carbocycles. The monoisotopic (exact) mass is 369 g/mol. The Morgan fingerprint density at radius 2 is 1.78 bits per heavy atom. The van der Waals surface area contributed by atoms with Gasteiger partial charge in [-0.2, -0.15) is 0 Å². The van der Waals surface area contributed by atoms with Crippen molar-refractivity contribution in [1.29, 1.82) is 0 Å². The van der Waals surface area contributed by atoms with Gasteiger partial charge in [-0.05, 0) is 76.1 Å². The molecule has 0 unspecified atom stereocenters. The Bertz CT molecular complexity index is 893. The number of benzene rings is 2. The molecule has 142 valence electrons. The van der Waals surface area contributed by atoms with Crippen molar-refractivity contribution in [2.75, 3.05) is 0 Å². The maximum Gasteiger partial charge on any atom is 0.413 e. The number of nitrogens with one attached hydrogen (secondary N) is 1. The topological polar surface area (TPSA) is 47.6 Å². The first-order chi connectivity index (χ1) is 12.5. The molecule has 0 aromatic heterocycles. The van der Waals surface area contributed by atoms with Gasteiger partial charge < -0.3 is 14.8 Å². The fraction of sp³-hybridized carbons (Fsp3) is 0.318. The molecule has 27 heavy (non-hydrogen) atoms. The molecule has 0 saturated heterocycles. The number of rotatable bonds is 2. The van der Waals surface area contributed by atoms with Gasteiger partial charge in [0.25, 0.3) is 0 Å².